The fourth-order valence-corrected chi connectivity index (χ4v) is 1.77. The summed E-state index contributed by atoms with van der Waals surface area (Å²) in [4.78, 5) is 11.2. The predicted octanol–water partition coefficient (Wildman–Crippen LogP) is 2.92. The highest BCUT2D eigenvalue weighted by atomic mass is 19.4. The molecule has 1 fully saturated rings. The van der Waals surface area contributed by atoms with Gasteiger partial charge in [0.2, 0.25) is 0 Å². The van der Waals surface area contributed by atoms with Crippen molar-refractivity contribution in [3.05, 3.63) is 0 Å². The van der Waals surface area contributed by atoms with Crippen molar-refractivity contribution in [1.29, 1.82) is 0 Å². The molecule has 0 N–H and O–H groups in total. The Morgan fingerprint density at radius 3 is 2.27 bits per heavy atom. The van der Waals surface area contributed by atoms with Crippen molar-refractivity contribution >= 4 is 5.97 Å². The lowest BCUT2D eigenvalue weighted by molar-refractivity contribution is -0.190. The SMILES string of the molecule is CC1CCC(C(=O)OCC(F)(F)F)CC1. The van der Waals surface area contributed by atoms with E-state index >= 15 is 0 Å². The molecular formula is C10H15F3O2. The average molecular weight is 224 g/mol. The van der Waals surface area contributed by atoms with Gasteiger partial charge in [-0.05, 0) is 31.6 Å². The number of carbonyl (C=O) groups excluding carboxylic acids is 1. The maximum atomic E-state index is 11.8. The molecule has 0 spiro atoms. The summed E-state index contributed by atoms with van der Waals surface area (Å²) >= 11 is 0. The molecule has 1 aliphatic carbocycles. The summed E-state index contributed by atoms with van der Waals surface area (Å²) in [6, 6.07) is 0. The van der Waals surface area contributed by atoms with Crippen molar-refractivity contribution in [2.24, 2.45) is 11.8 Å². The van der Waals surface area contributed by atoms with Gasteiger partial charge in [-0.25, -0.2) is 0 Å². The molecule has 0 aliphatic heterocycles. The molecule has 0 atom stereocenters. The van der Waals surface area contributed by atoms with Crippen LogP contribution in [0.4, 0.5) is 13.2 Å². The van der Waals surface area contributed by atoms with E-state index in [1.165, 1.54) is 0 Å². The molecule has 1 aliphatic rings. The first-order valence-electron chi connectivity index (χ1n) is 5.12. The lowest BCUT2D eigenvalue weighted by Gasteiger charge is -2.24. The molecule has 15 heavy (non-hydrogen) atoms. The summed E-state index contributed by atoms with van der Waals surface area (Å²) in [5.41, 5.74) is 0. The number of carbonyl (C=O) groups is 1. The van der Waals surface area contributed by atoms with Crippen LogP contribution in [0.3, 0.4) is 0 Å². The number of hydrogen-bond acceptors (Lipinski definition) is 2. The van der Waals surface area contributed by atoms with Gasteiger partial charge >= 0.3 is 12.1 Å². The fraction of sp³-hybridized carbons (Fsp3) is 0.900. The minimum Gasteiger partial charge on any atom is -0.456 e. The Labute approximate surface area is 86.8 Å². The normalized spacial score (nSPS) is 27.5. The zero-order chi connectivity index (χ0) is 11.5. The van der Waals surface area contributed by atoms with Gasteiger partial charge in [0.1, 0.15) is 0 Å². The summed E-state index contributed by atoms with van der Waals surface area (Å²) in [5, 5.41) is 0. The Morgan fingerprint density at radius 1 is 1.27 bits per heavy atom. The van der Waals surface area contributed by atoms with Gasteiger partial charge in [0, 0.05) is 0 Å². The number of esters is 1. The molecule has 0 aromatic rings. The lowest BCUT2D eigenvalue weighted by Crippen LogP contribution is -2.27. The minimum absolute atomic E-state index is 0.330. The van der Waals surface area contributed by atoms with E-state index in [1.54, 1.807) is 0 Å². The number of ether oxygens (including phenoxy) is 1. The number of rotatable bonds is 2. The van der Waals surface area contributed by atoms with E-state index in [0.717, 1.165) is 12.8 Å². The zero-order valence-electron chi connectivity index (χ0n) is 8.64. The van der Waals surface area contributed by atoms with Gasteiger partial charge in [0.05, 0.1) is 5.92 Å². The lowest BCUT2D eigenvalue weighted by atomic mass is 9.83. The summed E-state index contributed by atoms with van der Waals surface area (Å²) in [6.45, 7) is 0.620. The minimum atomic E-state index is -4.42. The van der Waals surface area contributed by atoms with Gasteiger partial charge in [0.15, 0.2) is 6.61 Å². The number of alkyl halides is 3. The van der Waals surface area contributed by atoms with E-state index in [1.807, 2.05) is 0 Å². The van der Waals surface area contributed by atoms with Gasteiger partial charge in [-0.3, -0.25) is 4.79 Å². The molecule has 0 amide bonds. The summed E-state index contributed by atoms with van der Waals surface area (Å²) in [5.74, 6) is -0.459. The maximum Gasteiger partial charge on any atom is 0.422 e. The standard InChI is InChI=1S/C10H15F3O2/c1-7-2-4-8(5-3-7)9(14)15-6-10(11,12)13/h7-8H,2-6H2,1H3. The van der Waals surface area contributed by atoms with Crippen molar-refractivity contribution in [3.8, 4) is 0 Å². The van der Waals surface area contributed by atoms with E-state index in [-0.39, 0.29) is 5.92 Å². The summed E-state index contributed by atoms with van der Waals surface area (Å²) in [7, 11) is 0. The van der Waals surface area contributed by atoms with Crippen LogP contribution >= 0.6 is 0 Å². The van der Waals surface area contributed by atoms with Crippen LogP contribution in [0.25, 0.3) is 0 Å². The van der Waals surface area contributed by atoms with Crippen LogP contribution in [0.1, 0.15) is 32.6 Å². The Bertz CT molecular complexity index is 217. The van der Waals surface area contributed by atoms with Gasteiger partial charge in [-0.2, -0.15) is 13.2 Å². The first-order valence-corrected chi connectivity index (χ1v) is 5.12. The molecule has 2 nitrogen and oxygen atoms in total. The van der Waals surface area contributed by atoms with E-state index < -0.39 is 18.8 Å². The van der Waals surface area contributed by atoms with Crippen molar-refractivity contribution in [2.75, 3.05) is 6.61 Å². The molecule has 0 heterocycles. The molecule has 5 heteroatoms. The molecule has 0 bridgehead atoms. The van der Waals surface area contributed by atoms with Crippen LogP contribution in [-0.4, -0.2) is 18.8 Å². The Morgan fingerprint density at radius 2 is 1.80 bits per heavy atom. The smallest absolute Gasteiger partial charge is 0.422 e. The molecule has 0 saturated heterocycles. The maximum absolute atomic E-state index is 11.8. The molecule has 0 unspecified atom stereocenters. The van der Waals surface area contributed by atoms with Crippen LogP contribution in [0.15, 0.2) is 0 Å². The van der Waals surface area contributed by atoms with Gasteiger partial charge in [-0.1, -0.05) is 6.92 Å². The average Bonchev–Trinajstić information content (AvgIpc) is 2.14. The highest BCUT2D eigenvalue weighted by Gasteiger charge is 2.32. The van der Waals surface area contributed by atoms with E-state index in [2.05, 4.69) is 11.7 Å². The third-order valence-corrected chi connectivity index (χ3v) is 2.73. The number of hydrogen-bond donors (Lipinski definition) is 0. The van der Waals surface area contributed by atoms with E-state index in [9.17, 15) is 18.0 Å². The van der Waals surface area contributed by atoms with Crippen LogP contribution in [-0.2, 0) is 9.53 Å². The Kier molecular flexibility index (Phi) is 3.99. The van der Waals surface area contributed by atoms with Crippen LogP contribution in [0.5, 0.6) is 0 Å². The van der Waals surface area contributed by atoms with Crippen LogP contribution in [0, 0.1) is 11.8 Å². The van der Waals surface area contributed by atoms with E-state index in [4.69, 9.17) is 0 Å². The second kappa shape index (κ2) is 4.86. The van der Waals surface area contributed by atoms with Crippen LogP contribution in [0.2, 0.25) is 0 Å². The second-order valence-electron chi connectivity index (χ2n) is 4.18. The number of halogens is 3. The molecule has 88 valence electrons. The molecule has 0 aromatic carbocycles. The van der Waals surface area contributed by atoms with Gasteiger partial charge in [0.25, 0.3) is 0 Å². The molecule has 0 aromatic heterocycles. The monoisotopic (exact) mass is 224 g/mol. The summed E-state index contributed by atoms with van der Waals surface area (Å²) in [6.07, 6.45) is -1.33. The molecule has 1 rings (SSSR count). The Hall–Kier alpha value is -0.740. The molecule has 0 radical (unpaired) electrons. The largest absolute Gasteiger partial charge is 0.456 e. The second-order valence-corrected chi connectivity index (χ2v) is 4.18. The van der Waals surface area contributed by atoms with Crippen molar-refractivity contribution in [2.45, 2.75) is 38.8 Å². The third kappa shape index (κ3) is 4.53. The van der Waals surface area contributed by atoms with Gasteiger partial charge < -0.3 is 4.74 Å². The first kappa shape index (κ1) is 12.3. The summed E-state index contributed by atoms with van der Waals surface area (Å²) < 4.78 is 39.5. The topological polar surface area (TPSA) is 26.3 Å². The van der Waals surface area contributed by atoms with Crippen molar-refractivity contribution in [3.63, 3.8) is 0 Å². The van der Waals surface area contributed by atoms with E-state index in [0.29, 0.717) is 18.8 Å². The predicted molar refractivity (Wildman–Crippen MR) is 48.1 cm³/mol. The molecular weight excluding hydrogens is 209 g/mol. The highest BCUT2D eigenvalue weighted by Crippen LogP contribution is 2.29. The molecule has 1 saturated carbocycles. The highest BCUT2D eigenvalue weighted by molar-refractivity contribution is 5.72. The third-order valence-electron chi connectivity index (χ3n) is 2.73. The Balaban J connectivity index is 2.29. The van der Waals surface area contributed by atoms with Gasteiger partial charge in [-0.15, -0.1) is 0 Å². The zero-order valence-corrected chi connectivity index (χ0v) is 8.64. The van der Waals surface area contributed by atoms with Crippen LogP contribution < -0.4 is 0 Å². The quantitative estimate of drug-likeness (QED) is 0.674. The van der Waals surface area contributed by atoms with Crippen molar-refractivity contribution in [1.82, 2.24) is 0 Å². The van der Waals surface area contributed by atoms with Crippen molar-refractivity contribution < 1.29 is 22.7 Å². The fourth-order valence-electron chi connectivity index (χ4n) is 1.77. The first-order chi connectivity index (χ1) is 6.88.